The Hall–Kier alpha value is -1.98. The maximum atomic E-state index is 13.0. The number of rotatable bonds is 5. The number of benzene rings is 1. The second-order valence-electron chi connectivity index (χ2n) is 5.22. The van der Waals surface area contributed by atoms with Crippen molar-refractivity contribution < 1.29 is 4.39 Å². The minimum atomic E-state index is -0.233. The number of nitrogens with zero attached hydrogens (tertiary/aromatic N) is 2. The first kappa shape index (κ1) is 14.9. The van der Waals surface area contributed by atoms with Crippen LogP contribution in [0.15, 0.2) is 41.8 Å². The second kappa shape index (κ2) is 6.42. The zero-order chi connectivity index (χ0) is 15.5. The van der Waals surface area contributed by atoms with E-state index in [1.807, 2.05) is 18.5 Å². The summed E-state index contributed by atoms with van der Waals surface area (Å²) in [5, 5.41) is 10.1. The van der Waals surface area contributed by atoms with Crippen molar-refractivity contribution in [3.8, 4) is 5.69 Å². The minimum absolute atomic E-state index is 0.233. The molecule has 0 atom stereocenters. The van der Waals surface area contributed by atoms with E-state index in [4.69, 9.17) is 0 Å². The van der Waals surface area contributed by atoms with Gasteiger partial charge in [0.25, 0.3) is 0 Å². The molecule has 0 bridgehead atoms. The first-order chi connectivity index (χ1) is 10.6. The van der Waals surface area contributed by atoms with Crippen LogP contribution in [-0.2, 0) is 13.1 Å². The van der Waals surface area contributed by atoms with Gasteiger partial charge in [-0.3, -0.25) is 0 Å². The molecule has 0 spiro atoms. The van der Waals surface area contributed by atoms with Crippen LogP contribution in [0.1, 0.15) is 21.8 Å². The molecule has 0 unspecified atom stereocenters. The molecule has 0 saturated carbocycles. The molecule has 22 heavy (non-hydrogen) atoms. The van der Waals surface area contributed by atoms with Gasteiger partial charge >= 0.3 is 0 Å². The number of aryl methyl sites for hydroxylation is 1. The maximum Gasteiger partial charge on any atom is 0.123 e. The summed E-state index contributed by atoms with van der Waals surface area (Å²) in [6.45, 7) is 5.69. The van der Waals surface area contributed by atoms with Gasteiger partial charge in [-0.15, -0.1) is 11.3 Å². The smallest absolute Gasteiger partial charge is 0.123 e. The second-order valence-corrected chi connectivity index (χ2v) is 6.25. The number of hydrogen-bond acceptors (Lipinski definition) is 3. The van der Waals surface area contributed by atoms with Gasteiger partial charge in [0.2, 0.25) is 0 Å². The Balaban J connectivity index is 1.76. The molecule has 0 aliphatic carbocycles. The molecule has 1 aromatic carbocycles. The van der Waals surface area contributed by atoms with Crippen LogP contribution in [0.2, 0.25) is 0 Å². The Kier molecular flexibility index (Phi) is 4.36. The molecule has 3 nitrogen and oxygen atoms in total. The third-order valence-electron chi connectivity index (χ3n) is 3.69. The minimum Gasteiger partial charge on any atom is -0.308 e. The van der Waals surface area contributed by atoms with Gasteiger partial charge in [-0.05, 0) is 49.6 Å². The van der Waals surface area contributed by atoms with Gasteiger partial charge in [0.15, 0.2) is 0 Å². The Morgan fingerprint density at radius 1 is 1.14 bits per heavy atom. The van der Waals surface area contributed by atoms with E-state index >= 15 is 0 Å². The Morgan fingerprint density at radius 3 is 2.59 bits per heavy atom. The quantitative estimate of drug-likeness (QED) is 0.772. The average molecular weight is 315 g/mol. The fourth-order valence-corrected chi connectivity index (χ4v) is 3.16. The van der Waals surface area contributed by atoms with E-state index in [9.17, 15) is 4.39 Å². The van der Waals surface area contributed by atoms with Crippen LogP contribution in [0.5, 0.6) is 0 Å². The SMILES string of the molecule is Cc1nn(-c2ccc(F)cc2)c(C)c1CNCc1cccs1. The van der Waals surface area contributed by atoms with Gasteiger partial charge in [0.1, 0.15) is 5.82 Å². The van der Waals surface area contributed by atoms with Gasteiger partial charge in [-0.25, -0.2) is 9.07 Å². The lowest BCUT2D eigenvalue weighted by Gasteiger charge is -2.06. The van der Waals surface area contributed by atoms with Crippen LogP contribution >= 0.6 is 11.3 Å². The summed E-state index contributed by atoms with van der Waals surface area (Å²) in [6, 6.07) is 10.6. The Morgan fingerprint density at radius 2 is 1.91 bits per heavy atom. The molecular weight excluding hydrogens is 297 g/mol. The standard InChI is InChI=1S/C17H18FN3S/c1-12-17(11-19-10-16-4-3-9-22-16)13(2)21(20-12)15-7-5-14(18)6-8-15/h3-9,19H,10-11H2,1-2H3. The van der Waals surface area contributed by atoms with Crippen molar-refractivity contribution >= 4 is 11.3 Å². The van der Waals surface area contributed by atoms with Crippen LogP contribution in [0.4, 0.5) is 4.39 Å². The molecule has 1 N–H and O–H groups in total. The first-order valence-corrected chi connectivity index (χ1v) is 8.07. The summed E-state index contributed by atoms with van der Waals surface area (Å²) in [4.78, 5) is 1.32. The molecule has 3 aromatic rings. The van der Waals surface area contributed by atoms with Gasteiger partial charge in [0, 0.05) is 29.2 Å². The van der Waals surface area contributed by atoms with Crippen LogP contribution in [-0.4, -0.2) is 9.78 Å². The fraction of sp³-hybridized carbons (Fsp3) is 0.235. The third-order valence-corrected chi connectivity index (χ3v) is 4.57. The summed E-state index contributed by atoms with van der Waals surface area (Å²) in [6.07, 6.45) is 0. The van der Waals surface area contributed by atoms with Gasteiger partial charge in [0.05, 0.1) is 11.4 Å². The van der Waals surface area contributed by atoms with Crippen molar-refractivity contribution in [1.82, 2.24) is 15.1 Å². The highest BCUT2D eigenvalue weighted by Gasteiger charge is 2.12. The van der Waals surface area contributed by atoms with Gasteiger partial charge < -0.3 is 5.32 Å². The van der Waals surface area contributed by atoms with Crippen molar-refractivity contribution in [3.05, 3.63) is 69.4 Å². The lowest BCUT2D eigenvalue weighted by Crippen LogP contribution is -2.13. The lowest BCUT2D eigenvalue weighted by atomic mass is 10.2. The van der Waals surface area contributed by atoms with Crippen molar-refractivity contribution in [2.24, 2.45) is 0 Å². The average Bonchev–Trinajstić information content (AvgIpc) is 3.11. The Labute approximate surface area is 133 Å². The normalized spacial score (nSPS) is 11.0. The number of nitrogens with one attached hydrogen (secondary N) is 1. The molecule has 0 aliphatic rings. The molecule has 0 fully saturated rings. The zero-order valence-electron chi connectivity index (χ0n) is 12.6. The summed E-state index contributed by atoms with van der Waals surface area (Å²) in [7, 11) is 0. The Bertz CT molecular complexity index is 745. The van der Waals surface area contributed by atoms with Crippen molar-refractivity contribution in [3.63, 3.8) is 0 Å². The highest BCUT2D eigenvalue weighted by Crippen LogP contribution is 2.18. The molecule has 2 aromatic heterocycles. The highest BCUT2D eigenvalue weighted by molar-refractivity contribution is 7.09. The van der Waals surface area contributed by atoms with E-state index < -0.39 is 0 Å². The molecule has 5 heteroatoms. The third kappa shape index (κ3) is 3.10. The predicted octanol–water partition coefficient (Wildman–Crippen LogP) is 3.98. The van der Waals surface area contributed by atoms with Crippen molar-refractivity contribution in [2.45, 2.75) is 26.9 Å². The van der Waals surface area contributed by atoms with Crippen LogP contribution in [0.3, 0.4) is 0 Å². The van der Waals surface area contributed by atoms with E-state index in [2.05, 4.69) is 27.9 Å². The highest BCUT2D eigenvalue weighted by atomic mass is 32.1. The fourth-order valence-electron chi connectivity index (χ4n) is 2.49. The molecule has 114 valence electrons. The maximum absolute atomic E-state index is 13.0. The van der Waals surface area contributed by atoms with E-state index in [0.717, 1.165) is 30.2 Å². The van der Waals surface area contributed by atoms with Gasteiger partial charge in [-0.2, -0.15) is 5.10 Å². The summed E-state index contributed by atoms with van der Waals surface area (Å²) in [5.74, 6) is -0.233. The molecule has 0 saturated heterocycles. The number of thiophene rings is 1. The molecule has 2 heterocycles. The van der Waals surface area contributed by atoms with E-state index in [0.29, 0.717) is 0 Å². The number of aromatic nitrogens is 2. The molecule has 3 rings (SSSR count). The summed E-state index contributed by atoms with van der Waals surface area (Å²) >= 11 is 1.75. The van der Waals surface area contributed by atoms with Crippen LogP contribution in [0.25, 0.3) is 5.69 Å². The zero-order valence-corrected chi connectivity index (χ0v) is 13.5. The van der Waals surface area contributed by atoms with Crippen molar-refractivity contribution in [2.75, 3.05) is 0 Å². The van der Waals surface area contributed by atoms with Crippen LogP contribution < -0.4 is 5.32 Å². The van der Waals surface area contributed by atoms with E-state index in [1.54, 1.807) is 23.5 Å². The van der Waals surface area contributed by atoms with E-state index in [-0.39, 0.29) is 5.82 Å². The molecule has 0 aliphatic heterocycles. The molecular formula is C17H18FN3S. The molecule has 0 amide bonds. The monoisotopic (exact) mass is 315 g/mol. The number of hydrogen-bond donors (Lipinski definition) is 1. The van der Waals surface area contributed by atoms with Gasteiger partial charge in [-0.1, -0.05) is 6.07 Å². The van der Waals surface area contributed by atoms with Crippen molar-refractivity contribution in [1.29, 1.82) is 0 Å². The summed E-state index contributed by atoms with van der Waals surface area (Å²) < 4.78 is 14.9. The summed E-state index contributed by atoms with van der Waals surface area (Å²) in [5.41, 5.74) is 4.16. The predicted molar refractivity (Wildman–Crippen MR) is 87.9 cm³/mol. The lowest BCUT2D eigenvalue weighted by molar-refractivity contribution is 0.627. The largest absolute Gasteiger partial charge is 0.308 e. The van der Waals surface area contributed by atoms with E-state index in [1.165, 1.54) is 22.6 Å². The molecule has 0 radical (unpaired) electrons. The first-order valence-electron chi connectivity index (χ1n) is 7.19. The van der Waals surface area contributed by atoms with Crippen LogP contribution in [0, 0.1) is 19.7 Å². The topological polar surface area (TPSA) is 29.9 Å². The number of halogens is 1.